The van der Waals surface area contributed by atoms with E-state index >= 15 is 0 Å². The Morgan fingerprint density at radius 1 is 1.26 bits per heavy atom. The van der Waals surface area contributed by atoms with E-state index in [-0.39, 0.29) is 22.5 Å². The molecule has 2 rings (SSSR count). The van der Waals surface area contributed by atoms with Crippen LogP contribution in [-0.2, 0) is 0 Å². The number of aromatic hydroxyl groups is 2. The van der Waals surface area contributed by atoms with E-state index in [1.165, 1.54) is 25.5 Å². The summed E-state index contributed by atoms with van der Waals surface area (Å²) in [4.78, 5) is 11.9. The third-order valence-electron chi connectivity index (χ3n) is 3.09. The number of carbonyl (C=O) groups is 1. The zero-order valence-electron chi connectivity index (χ0n) is 12.7. The van der Waals surface area contributed by atoms with Gasteiger partial charge in [0.1, 0.15) is 17.2 Å². The van der Waals surface area contributed by atoms with Crippen molar-refractivity contribution in [2.75, 3.05) is 7.11 Å². The van der Waals surface area contributed by atoms with Crippen molar-refractivity contribution in [3.8, 4) is 17.2 Å². The minimum Gasteiger partial charge on any atom is -0.507 e. The van der Waals surface area contributed by atoms with E-state index in [4.69, 9.17) is 4.74 Å². The Bertz CT molecular complexity index is 728. The molecule has 122 valence electrons. The normalized spacial score (nSPS) is 10.2. The Hall–Kier alpha value is -3.06. The summed E-state index contributed by atoms with van der Waals surface area (Å²) in [6.07, 6.45) is 1.31. The van der Waals surface area contributed by atoms with Gasteiger partial charge in [0.05, 0.1) is 18.9 Å². The zero-order valence-corrected chi connectivity index (χ0v) is 12.7. The monoisotopic (exact) mass is 318 g/mol. The van der Waals surface area contributed by atoms with Gasteiger partial charge in [-0.3, -0.25) is 4.79 Å². The molecule has 0 aromatic heterocycles. The van der Waals surface area contributed by atoms with Crippen molar-refractivity contribution < 1.29 is 25.2 Å². The number of phenolic OH excluding ortho intramolecular Hbond substituents is 2. The van der Waals surface area contributed by atoms with E-state index in [1.807, 2.05) is 0 Å². The van der Waals surface area contributed by atoms with Gasteiger partial charge in [0, 0.05) is 11.6 Å². The molecule has 0 unspecified atom stereocenters. The van der Waals surface area contributed by atoms with Crippen molar-refractivity contribution in [3.05, 3.63) is 53.1 Å². The van der Waals surface area contributed by atoms with Crippen molar-refractivity contribution in [1.82, 2.24) is 5.43 Å². The summed E-state index contributed by atoms with van der Waals surface area (Å²) in [5.41, 5.74) is 3.46. The van der Waals surface area contributed by atoms with Crippen LogP contribution >= 0.6 is 0 Å². The van der Waals surface area contributed by atoms with E-state index in [1.54, 1.807) is 31.2 Å². The van der Waals surface area contributed by atoms with Crippen LogP contribution in [0.1, 0.15) is 21.5 Å². The highest BCUT2D eigenvalue weighted by molar-refractivity contribution is 5.97. The maximum absolute atomic E-state index is 11.9. The van der Waals surface area contributed by atoms with E-state index in [9.17, 15) is 15.0 Å². The molecule has 0 fully saturated rings. The van der Waals surface area contributed by atoms with Crippen LogP contribution in [0.15, 0.2) is 41.5 Å². The van der Waals surface area contributed by atoms with Gasteiger partial charge < -0.3 is 20.4 Å². The summed E-state index contributed by atoms with van der Waals surface area (Å²) in [7, 11) is 1.50. The molecule has 2 aromatic rings. The highest BCUT2D eigenvalue weighted by atomic mass is 16.5. The molecule has 23 heavy (non-hydrogen) atoms. The number of carbonyl (C=O) groups excluding carboxylic acids is 1. The molecule has 5 N–H and O–H groups in total. The molecule has 0 aliphatic carbocycles. The smallest absolute Gasteiger partial charge is 0.275 e. The van der Waals surface area contributed by atoms with E-state index < -0.39 is 5.91 Å². The minimum absolute atomic E-state index is 0. The van der Waals surface area contributed by atoms with Crippen molar-refractivity contribution in [3.63, 3.8) is 0 Å². The van der Waals surface area contributed by atoms with Crippen LogP contribution in [-0.4, -0.2) is 34.9 Å². The van der Waals surface area contributed by atoms with E-state index in [2.05, 4.69) is 10.5 Å². The van der Waals surface area contributed by atoms with Gasteiger partial charge in [-0.1, -0.05) is 12.1 Å². The van der Waals surface area contributed by atoms with Gasteiger partial charge >= 0.3 is 0 Å². The van der Waals surface area contributed by atoms with Crippen LogP contribution in [0.3, 0.4) is 0 Å². The second kappa shape index (κ2) is 7.81. The number of aryl methyl sites for hydroxylation is 1. The molecule has 0 aliphatic rings. The predicted octanol–water partition coefficient (Wildman–Crippen LogP) is 1.35. The van der Waals surface area contributed by atoms with Crippen LogP contribution in [0.5, 0.6) is 17.2 Å². The molecule has 0 heterocycles. The number of amides is 1. The Morgan fingerprint density at radius 2 is 2.00 bits per heavy atom. The topological polar surface area (TPSA) is 123 Å². The van der Waals surface area contributed by atoms with Crippen LogP contribution in [0, 0.1) is 6.92 Å². The number of hydrogen-bond donors (Lipinski definition) is 3. The summed E-state index contributed by atoms with van der Waals surface area (Å²) in [6.45, 7) is 1.70. The van der Waals surface area contributed by atoms with Gasteiger partial charge in [0.15, 0.2) is 0 Å². The number of benzene rings is 2. The number of para-hydroxylation sites is 1. The second-order valence-electron chi connectivity index (χ2n) is 4.59. The number of hydrazone groups is 1. The highest BCUT2D eigenvalue weighted by Crippen LogP contribution is 2.22. The predicted molar refractivity (Wildman–Crippen MR) is 86.2 cm³/mol. The summed E-state index contributed by atoms with van der Waals surface area (Å²) < 4.78 is 4.97. The third-order valence-corrected chi connectivity index (χ3v) is 3.09. The van der Waals surface area contributed by atoms with Crippen molar-refractivity contribution in [2.45, 2.75) is 6.92 Å². The molecular formula is C16H18N2O5. The maximum atomic E-state index is 11.9. The summed E-state index contributed by atoms with van der Waals surface area (Å²) in [5, 5.41) is 23.3. The van der Waals surface area contributed by atoms with Gasteiger partial charge in [-0.25, -0.2) is 5.43 Å². The first-order valence-corrected chi connectivity index (χ1v) is 6.52. The van der Waals surface area contributed by atoms with Gasteiger partial charge in [-0.15, -0.1) is 0 Å². The molecule has 7 heteroatoms. The Balaban J connectivity index is 0.00000264. The molecule has 0 atom stereocenters. The van der Waals surface area contributed by atoms with Crippen LogP contribution in [0.2, 0.25) is 0 Å². The molecular weight excluding hydrogens is 300 g/mol. The Labute approximate surface area is 133 Å². The average molecular weight is 318 g/mol. The van der Waals surface area contributed by atoms with Crippen LogP contribution < -0.4 is 10.2 Å². The van der Waals surface area contributed by atoms with Gasteiger partial charge in [-0.05, 0) is 30.7 Å². The standard InChI is InChI=1S/C16H16N2O4.H2O/c1-10-4-3-5-13(15(10)20)16(21)18-17-9-11-6-7-12(22-2)8-14(11)19;/h3-9,19-20H,1-2H3,(H,18,21);1H2/b17-9+;. The summed E-state index contributed by atoms with van der Waals surface area (Å²) in [6, 6.07) is 9.57. The molecule has 0 spiro atoms. The quantitative estimate of drug-likeness (QED) is 0.581. The second-order valence-corrected chi connectivity index (χ2v) is 4.59. The van der Waals surface area contributed by atoms with E-state index in [0.29, 0.717) is 16.9 Å². The maximum Gasteiger partial charge on any atom is 0.275 e. The van der Waals surface area contributed by atoms with Gasteiger partial charge in [-0.2, -0.15) is 5.10 Å². The first-order valence-electron chi connectivity index (χ1n) is 6.52. The number of nitrogens with one attached hydrogen (secondary N) is 1. The highest BCUT2D eigenvalue weighted by Gasteiger charge is 2.11. The lowest BCUT2D eigenvalue weighted by molar-refractivity contribution is 0.0952. The van der Waals surface area contributed by atoms with Crippen LogP contribution in [0.25, 0.3) is 0 Å². The van der Waals surface area contributed by atoms with Gasteiger partial charge in [0.25, 0.3) is 5.91 Å². The molecule has 0 saturated carbocycles. The van der Waals surface area contributed by atoms with Crippen LogP contribution in [0.4, 0.5) is 0 Å². The van der Waals surface area contributed by atoms with Crippen molar-refractivity contribution in [1.29, 1.82) is 0 Å². The number of hydrogen-bond acceptors (Lipinski definition) is 5. The Kier molecular flexibility index (Phi) is 6.11. The van der Waals surface area contributed by atoms with E-state index in [0.717, 1.165) is 0 Å². The lowest BCUT2D eigenvalue weighted by Gasteiger charge is -2.05. The first kappa shape index (κ1) is 18.0. The SMILES string of the molecule is COc1ccc(/C=N/NC(=O)c2cccc(C)c2O)c(O)c1.O. The molecule has 1 amide bonds. The number of methoxy groups -OCH3 is 1. The molecule has 0 radical (unpaired) electrons. The number of nitrogens with zero attached hydrogens (tertiary/aromatic N) is 1. The lowest BCUT2D eigenvalue weighted by atomic mass is 10.1. The molecule has 0 saturated heterocycles. The fourth-order valence-corrected chi connectivity index (χ4v) is 1.82. The van der Waals surface area contributed by atoms with Crippen molar-refractivity contribution in [2.24, 2.45) is 5.10 Å². The zero-order chi connectivity index (χ0) is 16.1. The third kappa shape index (κ3) is 4.21. The number of phenols is 2. The number of ether oxygens (including phenoxy) is 1. The van der Waals surface area contributed by atoms with Crippen molar-refractivity contribution >= 4 is 12.1 Å². The molecule has 2 aromatic carbocycles. The molecule has 0 aliphatic heterocycles. The average Bonchev–Trinajstić information content (AvgIpc) is 2.51. The summed E-state index contributed by atoms with van der Waals surface area (Å²) in [5.74, 6) is -0.118. The number of rotatable bonds is 4. The minimum atomic E-state index is -0.537. The first-order chi connectivity index (χ1) is 10.5. The fourth-order valence-electron chi connectivity index (χ4n) is 1.82. The lowest BCUT2D eigenvalue weighted by Crippen LogP contribution is -2.17. The summed E-state index contributed by atoms with van der Waals surface area (Å²) >= 11 is 0. The molecule has 0 bridgehead atoms. The largest absolute Gasteiger partial charge is 0.507 e. The van der Waals surface area contributed by atoms with Gasteiger partial charge in [0.2, 0.25) is 0 Å². The molecule has 7 nitrogen and oxygen atoms in total. The fraction of sp³-hybridized carbons (Fsp3) is 0.125. The Morgan fingerprint density at radius 3 is 2.65 bits per heavy atom.